The molecule has 0 saturated carbocycles. The fourth-order valence-corrected chi connectivity index (χ4v) is 6.72. The van der Waals surface area contributed by atoms with E-state index in [9.17, 15) is 34.2 Å². The lowest BCUT2D eigenvalue weighted by atomic mass is 10.0. The Morgan fingerprint density at radius 1 is 1.26 bits per heavy atom. The number of likely N-dealkylation sites (tertiary alicyclic amines) is 1. The summed E-state index contributed by atoms with van der Waals surface area (Å²) in [5, 5.41) is 27.6. The largest absolute Gasteiger partial charge is 0.478 e. The van der Waals surface area contributed by atoms with Crippen LogP contribution in [0.4, 0.5) is 21.4 Å². The molecule has 3 atom stereocenters. The van der Waals surface area contributed by atoms with E-state index in [0.717, 1.165) is 16.4 Å². The van der Waals surface area contributed by atoms with Crippen molar-refractivity contribution in [2.24, 2.45) is 17.9 Å². The number of nitrogens with zero attached hydrogens (tertiary/aromatic N) is 7. The zero-order valence-electron chi connectivity index (χ0n) is 25.4. The van der Waals surface area contributed by atoms with E-state index in [0.29, 0.717) is 30.8 Å². The number of nitrogens with one attached hydrogen (secondary N) is 2. The number of fused-ring (bicyclic) bond motifs is 1. The van der Waals surface area contributed by atoms with Crippen molar-refractivity contribution < 1.29 is 43.7 Å². The highest BCUT2D eigenvalue weighted by atomic mass is 32.2. The van der Waals surface area contributed by atoms with Gasteiger partial charge in [-0.25, -0.2) is 14.4 Å². The molecule has 47 heavy (non-hydrogen) atoms. The van der Waals surface area contributed by atoms with E-state index >= 15 is 0 Å². The van der Waals surface area contributed by atoms with Crippen LogP contribution < -0.4 is 32.5 Å². The monoisotopic (exact) mass is 693 g/mol. The molecule has 2 aromatic heterocycles. The molecule has 22 heteroatoms. The number of hydrogen-bond donors (Lipinski definition) is 7. The van der Waals surface area contributed by atoms with Gasteiger partial charge in [-0.3, -0.25) is 19.8 Å². The number of carboxylic acid groups (broad SMARTS) is 2. The van der Waals surface area contributed by atoms with Crippen molar-refractivity contribution in [3.8, 4) is 0 Å². The number of carboxylic acids is 2. The zero-order valence-corrected chi connectivity index (χ0v) is 27.0. The predicted octanol–water partition coefficient (Wildman–Crippen LogP) is -2.08. The molecular weight excluding hydrogens is 660 g/mol. The Morgan fingerprint density at radius 2 is 1.98 bits per heavy atom. The Hall–Kier alpha value is -4.96. The van der Waals surface area contributed by atoms with E-state index < -0.39 is 46.5 Å². The standard InChI is InChI=1S/C25H32N12O8S2/c1-25(2,22(42)43)45-32-13(17-31-23(28)47-33-17)18(38)30-14-19(39)37-15(21(40)41)10(9-46-20(14)37)6-36-8-12(16(27)34(36)3)29-24(44)35-5-4-11(26)7-35/h8,11,14,20,27H,4-7,9,26H2,1-3H3,(H6,28,29,30,31,33,38,40,41,42,43,44)/p+1/b32-13-/t11?,14-,20-/m1/s1. The maximum atomic E-state index is 13.3. The predicted molar refractivity (Wildman–Crippen MR) is 167 cm³/mol. The van der Waals surface area contributed by atoms with Gasteiger partial charge >= 0.3 is 18.0 Å². The summed E-state index contributed by atoms with van der Waals surface area (Å²) in [6.45, 7) is 3.38. The SMILES string of the molecule is Cn1c(N)c(NC(=O)N2CCC(N)C2)c[n+]1CC1=C(C(=O)O)N2C(=O)[C@@H](NC(=O)/C(=N\OC(C)(C)C(=O)O)c3nsc(N)n3)[C@H]2SC1. The quantitative estimate of drug-likeness (QED) is 0.0608. The van der Waals surface area contributed by atoms with Gasteiger partial charge < -0.3 is 42.5 Å². The highest BCUT2D eigenvalue weighted by Gasteiger charge is 2.55. The van der Waals surface area contributed by atoms with Crippen LogP contribution in [0.25, 0.3) is 0 Å². The first-order valence-electron chi connectivity index (χ1n) is 14.1. The third-order valence-electron chi connectivity index (χ3n) is 7.68. The number of nitrogen functional groups attached to an aromatic ring is 2. The number of urea groups is 1. The number of amides is 4. The van der Waals surface area contributed by atoms with Crippen LogP contribution in [0.1, 0.15) is 26.1 Å². The van der Waals surface area contributed by atoms with Crippen LogP contribution in [0.2, 0.25) is 0 Å². The van der Waals surface area contributed by atoms with Gasteiger partial charge in [0.05, 0.1) is 7.05 Å². The molecule has 0 aliphatic carbocycles. The van der Waals surface area contributed by atoms with Crippen LogP contribution >= 0.6 is 23.3 Å². The Labute approximate surface area is 274 Å². The molecule has 0 aromatic carbocycles. The number of aromatic nitrogens is 4. The first kappa shape index (κ1) is 33.4. The fourth-order valence-electron chi connectivity index (χ4n) is 4.95. The molecular formula is C25H33N12O8S2+. The molecule has 2 saturated heterocycles. The minimum Gasteiger partial charge on any atom is -0.478 e. The van der Waals surface area contributed by atoms with E-state index in [1.54, 1.807) is 27.5 Å². The first-order chi connectivity index (χ1) is 22.1. The molecule has 0 radical (unpaired) electrons. The summed E-state index contributed by atoms with van der Waals surface area (Å²) in [5.74, 6) is -4.21. The maximum absolute atomic E-state index is 13.3. The topological polar surface area (TPSA) is 291 Å². The smallest absolute Gasteiger partial charge is 0.352 e. The molecule has 3 aliphatic heterocycles. The van der Waals surface area contributed by atoms with Crippen molar-refractivity contribution in [1.82, 2.24) is 29.2 Å². The Morgan fingerprint density at radius 3 is 2.57 bits per heavy atom. The van der Waals surface area contributed by atoms with Crippen molar-refractivity contribution in [3.05, 3.63) is 23.3 Å². The summed E-state index contributed by atoms with van der Waals surface area (Å²) < 4.78 is 7.08. The normalized spacial score (nSPS) is 21.3. The maximum Gasteiger partial charge on any atom is 0.352 e. The van der Waals surface area contributed by atoms with Crippen molar-refractivity contribution in [2.75, 3.05) is 35.6 Å². The molecule has 10 N–H and O–H groups in total. The van der Waals surface area contributed by atoms with Crippen LogP contribution in [0.3, 0.4) is 0 Å². The van der Waals surface area contributed by atoms with E-state index in [2.05, 4.69) is 25.1 Å². The number of carbonyl (C=O) groups is 5. The molecule has 252 valence electrons. The van der Waals surface area contributed by atoms with E-state index in [-0.39, 0.29) is 46.8 Å². The molecule has 5 heterocycles. The van der Waals surface area contributed by atoms with E-state index in [1.165, 1.54) is 25.6 Å². The number of β-lactam (4-membered cyclic amide) rings is 1. The Kier molecular flexibility index (Phi) is 9.01. The summed E-state index contributed by atoms with van der Waals surface area (Å²) in [4.78, 5) is 74.9. The van der Waals surface area contributed by atoms with Gasteiger partial charge in [0.2, 0.25) is 23.3 Å². The highest BCUT2D eigenvalue weighted by molar-refractivity contribution is 8.00. The molecule has 4 amide bonds. The van der Waals surface area contributed by atoms with Crippen LogP contribution in [-0.2, 0) is 37.6 Å². The lowest BCUT2D eigenvalue weighted by Crippen LogP contribution is -2.71. The molecule has 3 aliphatic rings. The average molecular weight is 694 g/mol. The number of oxime groups is 1. The number of thioether (sulfide) groups is 1. The Balaban J connectivity index is 1.33. The van der Waals surface area contributed by atoms with Gasteiger partial charge in [0, 0.05) is 42.0 Å². The Bertz CT molecular complexity index is 1720. The summed E-state index contributed by atoms with van der Waals surface area (Å²) in [6.07, 6.45) is 2.26. The number of hydrogen-bond acceptors (Lipinski definition) is 14. The van der Waals surface area contributed by atoms with Gasteiger partial charge in [-0.1, -0.05) is 5.16 Å². The molecule has 2 fully saturated rings. The molecule has 0 spiro atoms. The highest BCUT2D eigenvalue weighted by Crippen LogP contribution is 2.40. The summed E-state index contributed by atoms with van der Waals surface area (Å²) >= 11 is 1.98. The molecule has 2 aromatic rings. The van der Waals surface area contributed by atoms with Gasteiger partial charge in [-0.2, -0.15) is 9.36 Å². The lowest BCUT2D eigenvalue weighted by Gasteiger charge is -2.49. The molecule has 0 bridgehead atoms. The number of carbonyl (C=O) groups excluding carboxylic acids is 3. The number of aliphatic carboxylic acids is 2. The molecule has 1 unspecified atom stereocenters. The molecule has 5 rings (SSSR count). The minimum absolute atomic E-state index is 0.000769. The van der Waals surface area contributed by atoms with Crippen LogP contribution in [0.5, 0.6) is 0 Å². The summed E-state index contributed by atoms with van der Waals surface area (Å²) in [5.41, 5.74) is 15.9. The minimum atomic E-state index is -1.82. The number of anilines is 3. The number of rotatable bonds is 10. The van der Waals surface area contributed by atoms with Crippen molar-refractivity contribution in [3.63, 3.8) is 0 Å². The van der Waals surface area contributed by atoms with Crippen LogP contribution in [-0.4, -0.2) is 111 Å². The zero-order chi connectivity index (χ0) is 34.4. The average Bonchev–Trinajstić information content (AvgIpc) is 3.71. The van der Waals surface area contributed by atoms with Gasteiger partial charge in [-0.15, -0.1) is 21.1 Å². The van der Waals surface area contributed by atoms with Gasteiger partial charge in [0.15, 0.2) is 23.2 Å². The number of nitrogens with two attached hydrogens (primary N) is 3. The van der Waals surface area contributed by atoms with Crippen molar-refractivity contribution >= 4 is 75.4 Å². The lowest BCUT2D eigenvalue weighted by molar-refractivity contribution is -0.765. The van der Waals surface area contributed by atoms with E-state index in [4.69, 9.17) is 22.0 Å². The molecule has 20 nitrogen and oxygen atoms in total. The van der Waals surface area contributed by atoms with Crippen molar-refractivity contribution in [2.45, 2.75) is 49.9 Å². The second kappa shape index (κ2) is 12.7. The second-order valence-electron chi connectivity index (χ2n) is 11.4. The summed E-state index contributed by atoms with van der Waals surface area (Å²) in [6, 6.07) is -1.61. The van der Waals surface area contributed by atoms with Gasteiger partial charge in [-0.05, 0) is 20.3 Å². The van der Waals surface area contributed by atoms with Crippen LogP contribution in [0, 0.1) is 0 Å². The first-order valence-corrected chi connectivity index (χ1v) is 15.9. The van der Waals surface area contributed by atoms with Crippen molar-refractivity contribution in [1.29, 1.82) is 0 Å². The third kappa shape index (κ3) is 6.51. The van der Waals surface area contributed by atoms with Gasteiger partial charge in [0.25, 0.3) is 11.8 Å². The summed E-state index contributed by atoms with van der Waals surface area (Å²) in [7, 11) is 1.64. The second-order valence-corrected chi connectivity index (χ2v) is 13.3. The van der Waals surface area contributed by atoms with Gasteiger partial charge in [0.1, 0.15) is 17.1 Å². The van der Waals surface area contributed by atoms with E-state index in [1.807, 2.05) is 0 Å². The van der Waals surface area contributed by atoms with Crippen LogP contribution in [0.15, 0.2) is 22.6 Å². The third-order valence-corrected chi connectivity index (χ3v) is 9.56. The fraction of sp³-hybridized carbons (Fsp3) is 0.480.